The van der Waals surface area contributed by atoms with E-state index in [1.165, 1.54) is 12.5 Å². The number of phenols is 1. The third kappa shape index (κ3) is 3.15. The van der Waals surface area contributed by atoms with E-state index >= 15 is 0 Å². The monoisotopic (exact) mass is 249 g/mol. The predicted octanol–water partition coefficient (Wildman–Crippen LogP) is 3.20. The molecule has 4 nitrogen and oxygen atoms in total. The van der Waals surface area contributed by atoms with Crippen LogP contribution in [0.5, 0.6) is 11.5 Å². The van der Waals surface area contributed by atoms with Gasteiger partial charge in [-0.25, -0.2) is 4.79 Å². The number of benzene rings is 1. The Hall–Kier alpha value is -1.71. The quantitative estimate of drug-likeness (QED) is 0.846. The molecule has 0 aliphatic heterocycles. The minimum absolute atomic E-state index is 0.0264. The van der Waals surface area contributed by atoms with Gasteiger partial charge < -0.3 is 15.2 Å². The second kappa shape index (κ2) is 5.29. The number of hydrogen-bond donors (Lipinski definition) is 2. The number of carbonyl (C=O) groups excluding carboxylic acids is 1. The van der Waals surface area contributed by atoms with Gasteiger partial charge in [0.25, 0.3) is 0 Å². The van der Waals surface area contributed by atoms with Crippen molar-refractivity contribution in [2.45, 2.75) is 44.6 Å². The van der Waals surface area contributed by atoms with E-state index in [2.05, 4.69) is 5.32 Å². The molecule has 0 heterocycles. The molecule has 0 radical (unpaired) electrons. The summed E-state index contributed by atoms with van der Waals surface area (Å²) in [5.74, 6) is 0.163. The molecule has 0 aromatic heterocycles. The molecule has 98 valence electrons. The highest BCUT2D eigenvalue weighted by molar-refractivity contribution is 5.72. The van der Waals surface area contributed by atoms with Crippen LogP contribution >= 0.6 is 0 Å². The maximum absolute atomic E-state index is 11.8. The number of rotatable bonds is 2. The molecule has 0 spiro atoms. The van der Waals surface area contributed by atoms with Crippen molar-refractivity contribution >= 4 is 6.09 Å². The Morgan fingerprint density at radius 1 is 1.28 bits per heavy atom. The molecule has 4 heteroatoms. The molecular weight excluding hydrogens is 230 g/mol. The predicted molar refractivity (Wildman–Crippen MR) is 68.8 cm³/mol. The molecular formula is C14H19NO3. The average Bonchev–Trinajstić information content (AvgIpc) is 2.32. The van der Waals surface area contributed by atoms with Gasteiger partial charge in [0.2, 0.25) is 0 Å². The number of para-hydroxylation sites is 2. The van der Waals surface area contributed by atoms with Crippen molar-refractivity contribution in [1.29, 1.82) is 0 Å². The summed E-state index contributed by atoms with van der Waals surface area (Å²) in [6.45, 7) is 2.04. The molecule has 18 heavy (non-hydrogen) atoms. The van der Waals surface area contributed by atoms with E-state index in [9.17, 15) is 9.90 Å². The third-order valence-corrected chi connectivity index (χ3v) is 3.43. The summed E-state index contributed by atoms with van der Waals surface area (Å²) < 4.78 is 5.11. The van der Waals surface area contributed by atoms with Crippen molar-refractivity contribution in [1.82, 2.24) is 5.32 Å². The Morgan fingerprint density at radius 3 is 2.61 bits per heavy atom. The lowest BCUT2D eigenvalue weighted by atomic mass is 9.83. The first-order valence-electron chi connectivity index (χ1n) is 6.37. The van der Waals surface area contributed by atoms with E-state index in [1.807, 2.05) is 6.92 Å². The lowest BCUT2D eigenvalue weighted by Gasteiger charge is -2.33. The molecule has 1 aromatic rings. The number of aromatic hydroxyl groups is 1. The van der Waals surface area contributed by atoms with Gasteiger partial charge in [-0.1, -0.05) is 31.4 Å². The molecule has 1 fully saturated rings. The number of carbonyl (C=O) groups is 1. The molecule has 1 amide bonds. The highest BCUT2D eigenvalue weighted by Crippen LogP contribution is 2.28. The Balaban J connectivity index is 1.94. The van der Waals surface area contributed by atoms with E-state index in [1.54, 1.807) is 18.2 Å². The van der Waals surface area contributed by atoms with Gasteiger partial charge in [0, 0.05) is 5.54 Å². The van der Waals surface area contributed by atoms with Crippen LogP contribution in [0.1, 0.15) is 39.0 Å². The summed E-state index contributed by atoms with van der Waals surface area (Å²) in [6.07, 6.45) is 4.94. The summed E-state index contributed by atoms with van der Waals surface area (Å²) in [7, 11) is 0. The second-order valence-corrected chi connectivity index (χ2v) is 5.10. The standard InChI is InChI=1S/C14H19NO3/c1-14(9-5-2-6-10-14)15-13(17)18-12-8-4-3-7-11(12)16/h3-4,7-8,16H,2,5-6,9-10H2,1H3,(H,15,17). The normalized spacial score (nSPS) is 18.1. The van der Waals surface area contributed by atoms with Crippen LogP contribution in [-0.2, 0) is 0 Å². The fraction of sp³-hybridized carbons (Fsp3) is 0.500. The molecule has 0 unspecified atom stereocenters. The van der Waals surface area contributed by atoms with Gasteiger partial charge in [-0.2, -0.15) is 0 Å². The first-order chi connectivity index (χ1) is 8.59. The van der Waals surface area contributed by atoms with Crippen molar-refractivity contribution < 1.29 is 14.6 Å². The maximum Gasteiger partial charge on any atom is 0.413 e. The van der Waals surface area contributed by atoms with Crippen LogP contribution in [0.2, 0.25) is 0 Å². The molecule has 2 N–H and O–H groups in total. The van der Waals surface area contributed by atoms with Gasteiger partial charge in [-0.05, 0) is 31.9 Å². The first kappa shape index (κ1) is 12.7. The van der Waals surface area contributed by atoms with Crippen LogP contribution in [0.25, 0.3) is 0 Å². The summed E-state index contributed by atoms with van der Waals surface area (Å²) in [5, 5.41) is 12.4. The van der Waals surface area contributed by atoms with Gasteiger partial charge in [-0.15, -0.1) is 0 Å². The van der Waals surface area contributed by atoms with E-state index in [4.69, 9.17) is 4.74 Å². The topological polar surface area (TPSA) is 58.6 Å². The fourth-order valence-electron chi connectivity index (χ4n) is 2.37. The summed E-state index contributed by atoms with van der Waals surface area (Å²) >= 11 is 0. The van der Waals surface area contributed by atoms with Crippen molar-refractivity contribution in [3.63, 3.8) is 0 Å². The van der Waals surface area contributed by atoms with Crippen molar-refractivity contribution in [2.24, 2.45) is 0 Å². The average molecular weight is 249 g/mol. The molecule has 1 aliphatic rings. The fourth-order valence-corrected chi connectivity index (χ4v) is 2.37. The number of phenolic OH excluding ortho intramolecular Hbond substituents is 1. The van der Waals surface area contributed by atoms with Crippen LogP contribution in [0.3, 0.4) is 0 Å². The second-order valence-electron chi connectivity index (χ2n) is 5.10. The summed E-state index contributed by atoms with van der Waals surface area (Å²) in [6, 6.07) is 6.45. The lowest BCUT2D eigenvalue weighted by Crippen LogP contribution is -2.48. The molecule has 0 bridgehead atoms. The van der Waals surface area contributed by atoms with Gasteiger partial charge in [0.1, 0.15) is 0 Å². The smallest absolute Gasteiger partial charge is 0.413 e. The minimum atomic E-state index is -0.499. The van der Waals surface area contributed by atoms with Gasteiger partial charge in [-0.3, -0.25) is 0 Å². The van der Waals surface area contributed by atoms with Crippen LogP contribution in [0, 0.1) is 0 Å². The largest absolute Gasteiger partial charge is 0.504 e. The minimum Gasteiger partial charge on any atom is -0.504 e. The van der Waals surface area contributed by atoms with Gasteiger partial charge in [0.05, 0.1) is 0 Å². The maximum atomic E-state index is 11.8. The zero-order chi connectivity index (χ0) is 13.0. The molecule has 1 saturated carbocycles. The number of amides is 1. The van der Waals surface area contributed by atoms with Gasteiger partial charge in [0.15, 0.2) is 11.5 Å². The van der Waals surface area contributed by atoms with Crippen molar-refractivity contribution in [3.05, 3.63) is 24.3 Å². The zero-order valence-corrected chi connectivity index (χ0v) is 10.6. The molecule has 1 aromatic carbocycles. The summed E-state index contributed by atoms with van der Waals surface area (Å²) in [5.41, 5.74) is -0.181. The zero-order valence-electron chi connectivity index (χ0n) is 10.6. The Bertz CT molecular complexity index is 425. The number of hydrogen-bond acceptors (Lipinski definition) is 3. The van der Waals surface area contributed by atoms with Crippen LogP contribution in [0.15, 0.2) is 24.3 Å². The molecule has 1 aliphatic carbocycles. The highest BCUT2D eigenvalue weighted by atomic mass is 16.6. The third-order valence-electron chi connectivity index (χ3n) is 3.43. The molecule has 0 atom stereocenters. The van der Waals surface area contributed by atoms with Crippen LogP contribution in [0.4, 0.5) is 4.79 Å². The lowest BCUT2D eigenvalue weighted by molar-refractivity contribution is 0.172. The molecule has 0 saturated heterocycles. The van der Waals surface area contributed by atoms with Crippen molar-refractivity contribution in [2.75, 3.05) is 0 Å². The molecule has 2 rings (SSSR count). The first-order valence-corrected chi connectivity index (χ1v) is 6.37. The number of ether oxygens (including phenoxy) is 1. The van der Waals surface area contributed by atoms with E-state index in [0.29, 0.717) is 0 Å². The van der Waals surface area contributed by atoms with E-state index in [-0.39, 0.29) is 17.0 Å². The number of nitrogens with one attached hydrogen (secondary N) is 1. The highest BCUT2D eigenvalue weighted by Gasteiger charge is 2.29. The Labute approximate surface area is 107 Å². The van der Waals surface area contributed by atoms with Crippen molar-refractivity contribution in [3.8, 4) is 11.5 Å². The Morgan fingerprint density at radius 2 is 1.94 bits per heavy atom. The van der Waals surface area contributed by atoms with E-state index < -0.39 is 6.09 Å². The summed E-state index contributed by atoms with van der Waals surface area (Å²) in [4.78, 5) is 11.8. The van der Waals surface area contributed by atoms with Crippen LogP contribution in [-0.4, -0.2) is 16.7 Å². The Kier molecular flexibility index (Phi) is 3.75. The van der Waals surface area contributed by atoms with Gasteiger partial charge >= 0.3 is 6.09 Å². The van der Waals surface area contributed by atoms with Crippen LogP contribution < -0.4 is 10.1 Å². The van der Waals surface area contributed by atoms with E-state index in [0.717, 1.165) is 25.7 Å². The SMILES string of the molecule is CC1(NC(=O)Oc2ccccc2O)CCCCC1.